The molecule has 0 aliphatic carbocycles. The van der Waals surface area contributed by atoms with Crippen LogP contribution in [0.25, 0.3) is 0 Å². The lowest BCUT2D eigenvalue weighted by Crippen LogP contribution is -2.30. The van der Waals surface area contributed by atoms with Crippen molar-refractivity contribution in [2.75, 3.05) is 39.2 Å². The van der Waals surface area contributed by atoms with Gasteiger partial charge in [-0.2, -0.15) is 0 Å². The highest BCUT2D eigenvalue weighted by molar-refractivity contribution is 6.29. The molecule has 0 aliphatic rings. The first-order valence-electron chi connectivity index (χ1n) is 5.77. The number of likely N-dealkylation sites (N-methyl/N-ethyl adjacent to an activating group) is 1. The fraction of sp³-hybridized carbons (Fsp3) is 0.500. The van der Waals surface area contributed by atoms with E-state index in [0.29, 0.717) is 36.3 Å². The van der Waals surface area contributed by atoms with Gasteiger partial charge in [-0.15, -0.1) is 0 Å². The van der Waals surface area contributed by atoms with Crippen molar-refractivity contribution in [2.24, 2.45) is 0 Å². The van der Waals surface area contributed by atoms with E-state index in [1.165, 1.54) is 0 Å². The Bertz CT molecular complexity index is 412. The topological polar surface area (TPSA) is 54.5 Å². The fourth-order valence-corrected chi connectivity index (χ4v) is 1.62. The Morgan fingerprint density at radius 2 is 2.28 bits per heavy atom. The number of carbonyl (C=O) groups excluding carboxylic acids is 1. The smallest absolute Gasteiger partial charge is 0.253 e. The lowest BCUT2D eigenvalue weighted by atomic mass is 10.2. The third kappa shape index (κ3) is 4.16. The normalized spacial score (nSPS) is 10.2. The molecule has 0 bridgehead atoms. The van der Waals surface area contributed by atoms with E-state index in [2.05, 4.69) is 10.3 Å². The number of rotatable bonds is 6. The minimum absolute atomic E-state index is 0.101. The van der Waals surface area contributed by atoms with Crippen LogP contribution < -0.4 is 5.32 Å². The van der Waals surface area contributed by atoms with E-state index < -0.39 is 0 Å². The highest BCUT2D eigenvalue weighted by atomic mass is 35.5. The van der Waals surface area contributed by atoms with E-state index in [1.807, 2.05) is 6.92 Å². The maximum Gasteiger partial charge on any atom is 0.253 e. The molecule has 0 radical (unpaired) electrons. The number of carbonyl (C=O) groups is 1. The van der Waals surface area contributed by atoms with Gasteiger partial charge < -0.3 is 15.0 Å². The Balaban J connectivity index is 2.73. The summed E-state index contributed by atoms with van der Waals surface area (Å²) in [6, 6.07) is 3.23. The van der Waals surface area contributed by atoms with Gasteiger partial charge in [0.25, 0.3) is 5.91 Å². The average molecular weight is 272 g/mol. The maximum absolute atomic E-state index is 12.1. The van der Waals surface area contributed by atoms with Gasteiger partial charge in [0, 0.05) is 32.8 Å². The number of ether oxygens (including phenoxy) is 1. The Labute approximate surface area is 112 Å². The van der Waals surface area contributed by atoms with Crippen molar-refractivity contribution in [1.82, 2.24) is 9.88 Å². The van der Waals surface area contributed by atoms with E-state index in [-0.39, 0.29) is 5.91 Å². The summed E-state index contributed by atoms with van der Waals surface area (Å²) in [6.45, 7) is 3.63. The summed E-state index contributed by atoms with van der Waals surface area (Å²) in [5.41, 5.74) is 0.512. The number of hydrogen-bond acceptors (Lipinski definition) is 4. The van der Waals surface area contributed by atoms with Crippen molar-refractivity contribution in [3.8, 4) is 0 Å². The molecule has 1 rings (SSSR count). The van der Waals surface area contributed by atoms with Crippen LogP contribution in [0.15, 0.2) is 12.1 Å². The third-order valence-corrected chi connectivity index (χ3v) is 2.61. The van der Waals surface area contributed by atoms with E-state index >= 15 is 0 Å². The Morgan fingerprint density at radius 1 is 1.56 bits per heavy atom. The highest BCUT2D eigenvalue weighted by Gasteiger charge is 2.13. The number of nitrogens with zero attached hydrogens (tertiary/aromatic N) is 2. The molecular weight excluding hydrogens is 254 g/mol. The zero-order valence-electron chi connectivity index (χ0n) is 10.9. The summed E-state index contributed by atoms with van der Waals surface area (Å²) < 4.78 is 5.21. The molecule has 0 saturated carbocycles. The van der Waals surface area contributed by atoms with Gasteiger partial charge in [0.05, 0.1) is 6.61 Å². The second-order valence-electron chi connectivity index (χ2n) is 3.74. The fourth-order valence-electron chi connectivity index (χ4n) is 1.42. The van der Waals surface area contributed by atoms with Gasteiger partial charge in [-0.3, -0.25) is 4.79 Å². The van der Waals surface area contributed by atoms with Crippen molar-refractivity contribution in [3.05, 3.63) is 22.8 Å². The molecule has 1 heterocycles. The first-order chi connectivity index (χ1) is 8.58. The standard InChI is InChI=1S/C12H18ClN3O2/c1-4-18-6-5-16(3)12(17)9-7-10(13)15-11(8-9)14-2/h7-8H,4-6H2,1-3H3,(H,14,15). The lowest BCUT2D eigenvalue weighted by Gasteiger charge is -2.17. The third-order valence-electron chi connectivity index (χ3n) is 2.42. The molecule has 0 aromatic carbocycles. The molecule has 1 aromatic rings. The SMILES string of the molecule is CCOCCN(C)C(=O)c1cc(Cl)nc(NC)c1. The first-order valence-corrected chi connectivity index (χ1v) is 6.14. The number of halogens is 1. The highest BCUT2D eigenvalue weighted by Crippen LogP contribution is 2.15. The molecule has 5 nitrogen and oxygen atoms in total. The largest absolute Gasteiger partial charge is 0.380 e. The molecule has 18 heavy (non-hydrogen) atoms. The number of aromatic nitrogens is 1. The molecule has 100 valence electrons. The molecule has 1 aromatic heterocycles. The van der Waals surface area contributed by atoms with Gasteiger partial charge >= 0.3 is 0 Å². The minimum atomic E-state index is -0.101. The summed E-state index contributed by atoms with van der Waals surface area (Å²) in [5.74, 6) is 0.472. The van der Waals surface area contributed by atoms with E-state index in [9.17, 15) is 4.79 Å². The molecule has 0 aliphatic heterocycles. The van der Waals surface area contributed by atoms with Gasteiger partial charge in [0.2, 0.25) is 0 Å². The van der Waals surface area contributed by atoms with Crippen molar-refractivity contribution in [3.63, 3.8) is 0 Å². The molecule has 0 saturated heterocycles. The summed E-state index contributed by atoms with van der Waals surface area (Å²) in [7, 11) is 3.46. The summed E-state index contributed by atoms with van der Waals surface area (Å²) in [4.78, 5) is 17.7. The zero-order valence-corrected chi connectivity index (χ0v) is 11.6. The molecule has 1 amide bonds. The minimum Gasteiger partial charge on any atom is -0.380 e. The quantitative estimate of drug-likeness (QED) is 0.634. The van der Waals surface area contributed by atoms with Crippen molar-refractivity contribution in [1.29, 1.82) is 0 Å². The maximum atomic E-state index is 12.1. The second kappa shape index (κ2) is 7.18. The van der Waals surface area contributed by atoms with Crippen molar-refractivity contribution >= 4 is 23.3 Å². The molecule has 0 spiro atoms. The number of nitrogens with one attached hydrogen (secondary N) is 1. The van der Waals surface area contributed by atoms with Gasteiger partial charge in [0.15, 0.2) is 0 Å². The number of hydrogen-bond donors (Lipinski definition) is 1. The lowest BCUT2D eigenvalue weighted by molar-refractivity contribution is 0.0710. The number of amides is 1. The summed E-state index contributed by atoms with van der Waals surface area (Å²) >= 11 is 5.86. The predicted octanol–water partition coefficient (Wildman–Crippen LogP) is 1.89. The van der Waals surface area contributed by atoms with Gasteiger partial charge in [-0.25, -0.2) is 4.98 Å². The number of anilines is 1. The van der Waals surface area contributed by atoms with Crippen LogP contribution in [0.4, 0.5) is 5.82 Å². The van der Waals surface area contributed by atoms with Gasteiger partial charge in [0.1, 0.15) is 11.0 Å². The first kappa shape index (κ1) is 14.7. The average Bonchev–Trinajstić information content (AvgIpc) is 2.37. The second-order valence-corrected chi connectivity index (χ2v) is 4.12. The van der Waals surface area contributed by atoms with Crippen molar-refractivity contribution in [2.45, 2.75) is 6.92 Å². The Morgan fingerprint density at radius 3 is 2.89 bits per heavy atom. The van der Waals surface area contributed by atoms with Crippen LogP contribution in [0.1, 0.15) is 17.3 Å². The molecule has 1 N–H and O–H groups in total. The van der Waals surface area contributed by atoms with Crippen LogP contribution in [0, 0.1) is 0 Å². The van der Waals surface area contributed by atoms with Crippen LogP contribution in [0.3, 0.4) is 0 Å². The van der Waals surface area contributed by atoms with E-state index in [1.54, 1.807) is 31.1 Å². The zero-order chi connectivity index (χ0) is 13.5. The molecule has 0 unspecified atom stereocenters. The van der Waals surface area contributed by atoms with Crippen LogP contribution >= 0.6 is 11.6 Å². The van der Waals surface area contributed by atoms with Crippen LogP contribution in [-0.2, 0) is 4.74 Å². The predicted molar refractivity (Wildman–Crippen MR) is 72.2 cm³/mol. The van der Waals surface area contributed by atoms with Gasteiger partial charge in [-0.1, -0.05) is 11.6 Å². The van der Waals surface area contributed by atoms with Crippen LogP contribution in [0.2, 0.25) is 5.15 Å². The Kier molecular flexibility index (Phi) is 5.88. The van der Waals surface area contributed by atoms with Crippen LogP contribution in [0.5, 0.6) is 0 Å². The van der Waals surface area contributed by atoms with E-state index in [0.717, 1.165) is 0 Å². The molecule has 6 heteroatoms. The monoisotopic (exact) mass is 271 g/mol. The molecular formula is C12H18ClN3O2. The summed E-state index contributed by atoms with van der Waals surface area (Å²) in [5, 5.41) is 3.16. The Hall–Kier alpha value is -1.33. The molecule has 0 fully saturated rings. The van der Waals surface area contributed by atoms with E-state index in [4.69, 9.17) is 16.3 Å². The summed E-state index contributed by atoms with van der Waals surface area (Å²) in [6.07, 6.45) is 0. The molecule has 0 atom stereocenters. The number of pyridine rings is 1. The van der Waals surface area contributed by atoms with Crippen LogP contribution in [-0.4, -0.2) is 49.6 Å². The van der Waals surface area contributed by atoms with Crippen molar-refractivity contribution < 1.29 is 9.53 Å². The van der Waals surface area contributed by atoms with Gasteiger partial charge in [-0.05, 0) is 19.1 Å².